The molecule has 6 heteroatoms. The van der Waals surface area contributed by atoms with E-state index in [1.807, 2.05) is 0 Å². The zero-order chi connectivity index (χ0) is 12.8. The van der Waals surface area contributed by atoms with Gasteiger partial charge in [-0.2, -0.15) is 0 Å². The van der Waals surface area contributed by atoms with E-state index in [1.54, 1.807) is 6.92 Å². The first-order chi connectivity index (χ1) is 8.10. The molecule has 1 aromatic rings. The molecular formula is C11H14ClNO4. The van der Waals surface area contributed by atoms with Gasteiger partial charge in [-0.15, -0.1) is 0 Å². The minimum absolute atomic E-state index is 0.0992. The highest BCUT2D eigenvalue weighted by atomic mass is 35.5. The molecule has 0 unspecified atom stereocenters. The Morgan fingerprint density at radius 2 is 2.24 bits per heavy atom. The number of nitrogens with zero attached hydrogens (tertiary/aromatic N) is 1. The van der Waals surface area contributed by atoms with Crippen molar-refractivity contribution in [1.82, 2.24) is 4.57 Å². The van der Waals surface area contributed by atoms with Gasteiger partial charge < -0.3 is 14.0 Å². The van der Waals surface area contributed by atoms with Gasteiger partial charge >= 0.3 is 5.97 Å². The molecule has 0 aromatic carbocycles. The third-order valence-corrected chi connectivity index (χ3v) is 2.42. The molecule has 0 spiro atoms. The molecule has 0 fully saturated rings. The maximum atomic E-state index is 11.5. The van der Waals surface area contributed by atoms with Crippen LogP contribution in [0.2, 0.25) is 5.02 Å². The number of methoxy groups -OCH3 is 1. The van der Waals surface area contributed by atoms with E-state index in [-0.39, 0.29) is 22.8 Å². The number of halogens is 1. The van der Waals surface area contributed by atoms with Gasteiger partial charge in [-0.3, -0.25) is 4.79 Å². The minimum Gasteiger partial charge on any atom is -0.462 e. The number of hydrogen-bond acceptors (Lipinski definition) is 4. The lowest BCUT2D eigenvalue weighted by Gasteiger charge is -2.08. The van der Waals surface area contributed by atoms with Crippen LogP contribution in [0.1, 0.15) is 17.3 Å². The fourth-order valence-corrected chi connectivity index (χ4v) is 1.49. The smallest absolute Gasteiger partial charge is 0.341 e. The van der Waals surface area contributed by atoms with Crippen LogP contribution in [0.25, 0.3) is 0 Å². The van der Waals surface area contributed by atoms with Gasteiger partial charge in [-0.25, -0.2) is 4.79 Å². The number of carbonyl (C=O) groups excluding carboxylic acids is 1. The first kappa shape index (κ1) is 13.7. The van der Waals surface area contributed by atoms with Gasteiger partial charge in [0.15, 0.2) is 0 Å². The van der Waals surface area contributed by atoms with Crippen molar-refractivity contribution in [2.24, 2.45) is 0 Å². The number of esters is 1. The van der Waals surface area contributed by atoms with Crippen molar-refractivity contribution >= 4 is 17.6 Å². The van der Waals surface area contributed by atoms with E-state index in [0.29, 0.717) is 13.2 Å². The Bertz CT molecular complexity index is 455. The van der Waals surface area contributed by atoms with Crippen LogP contribution in [0.5, 0.6) is 0 Å². The molecule has 0 saturated heterocycles. The van der Waals surface area contributed by atoms with E-state index in [4.69, 9.17) is 21.1 Å². The molecule has 1 aromatic heterocycles. The summed E-state index contributed by atoms with van der Waals surface area (Å²) in [4.78, 5) is 23.1. The molecule has 0 aliphatic heterocycles. The Kier molecular flexibility index (Phi) is 5.18. The molecule has 0 radical (unpaired) electrons. The van der Waals surface area contributed by atoms with Gasteiger partial charge in [-0.05, 0) is 6.92 Å². The first-order valence-corrected chi connectivity index (χ1v) is 5.54. The highest BCUT2D eigenvalue weighted by Gasteiger charge is 2.13. The largest absolute Gasteiger partial charge is 0.462 e. The van der Waals surface area contributed by atoms with Crippen molar-refractivity contribution in [3.8, 4) is 0 Å². The number of rotatable bonds is 5. The monoisotopic (exact) mass is 259 g/mol. The Labute approximate surface area is 104 Å². The normalized spacial score (nSPS) is 10.3. The molecule has 1 rings (SSSR count). The molecule has 94 valence electrons. The van der Waals surface area contributed by atoms with Gasteiger partial charge in [0, 0.05) is 25.9 Å². The average Bonchev–Trinajstić information content (AvgIpc) is 2.28. The van der Waals surface area contributed by atoms with Crippen LogP contribution in [0, 0.1) is 0 Å². The van der Waals surface area contributed by atoms with E-state index < -0.39 is 5.97 Å². The quantitative estimate of drug-likeness (QED) is 0.749. The third-order valence-electron chi connectivity index (χ3n) is 2.11. The second-order valence-corrected chi connectivity index (χ2v) is 3.69. The Morgan fingerprint density at radius 1 is 1.53 bits per heavy atom. The van der Waals surface area contributed by atoms with Crippen LogP contribution in [-0.4, -0.2) is 30.9 Å². The lowest BCUT2D eigenvalue weighted by molar-refractivity contribution is 0.0525. The van der Waals surface area contributed by atoms with E-state index in [2.05, 4.69) is 0 Å². The number of hydrogen-bond donors (Lipinski definition) is 0. The van der Waals surface area contributed by atoms with Crippen molar-refractivity contribution < 1.29 is 14.3 Å². The number of ether oxygens (including phenoxy) is 2. The molecule has 1 heterocycles. The van der Waals surface area contributed by atoms with Crippen molar-refractivity contribution in [3.05, 3.63) is 33.2 Å². The maximum Gasteiger partial charge on any atom is 0.341 e. The minimum atomic E-state index is -0.538. The number of aromatic nitrogens is 1. The highest BCUT2D eigenvalue weighted by molar-refractivity contribution is 6.33. The molecule has 17 heavy (non-hydrogen) atoms. The van der Waals surface area contributed by atoms with Gasteiger partial charge in [0.2, 0.25) is 0 Å². The standard InChI is InChI=1S/C11H14ClNO4/c1-3-17-11(15)8-7-13(4-5-16-2)10(14)6-9(8)12/h6-7H,3-5H2,1-2H3. The Balaban J connectivity index is 3.05. The number of pyridine rings is 1. The third kappa shape index (κ3) is 3.57. The summed E-state index contributed by atoms with van der Waals surface area (Å²) in [5, 5.41) is 0.0992. The van der Waals surface area contributed by atoms with Crippen LogP contribution < -0.4 is 5.56 Å². The predicted molar refractivity (Wildman–Crippen MR) is 63.5 cm³/mol. The van der Waals surface area contributed by atoms with Gasteiger partial charge in [-0.1, -0.05) is 11.6 Å². The predicted octanol–water partition coefficient (Wildman–Crippen LogP) is 1.32. The van der Waals surface area contributed by atoms with Gasteiger partial charge in [0.25, 0.3) is 5.56 Å². The van der Waals surface area contributed by atoms with Crippen molar-refractivity contribution in [2.75, 3.05) is 20.3 Å². The number of carbonyl (C=O) groups is 1. The second-order valence-electron chi connectivity index (χ2n) is 3.28. The molecule has 0 aliphatic carbocycles. The lowest BCUT2D eigenvalue weighted by atomic mass is 10.3. The Hall–Kier alpha value is -1.33. The van der Waals surface area contributed by atoms with E-state index in [0.717, 1.165) is 0 Å². The zero-order valence-corrected chi connectivity index (χ0v) is 10.5. The molecular weight excluding hydrogens is 246 g/mol. The summed E-state index contributed by atoms with van der Waals surface area (Å²) >= 11 is 5.82. The zero-order valence-electron chi connectivity index (χ0n) is 9.73. The molecule has 5 nitrogen and oxygen atoms in total. The summed E-state index contributed by atoms with van der Waals surface area (Å²) in [5.74, 6) is -0.538. The van der Waals surface area contributed by atoms with Gasteiger partial charge in [0.1, 0.15) is 0 Å². The molecule has 0 aliphatic rings. The summed E-state index contributed by atoms with van der Waals surface area (Å²) in [6.45, 7) is 2.70. The SMILES string of the molecule is CCOC(=O)c1cn(CCOC)c(=O)cc1Cl. The van der Waals surface area contributed by atoms with E-state index in [1.165, 1.54) is 23.9 Å². The summed E-state index contributed by atoms with van der Waals surface area (Å²) in [6.07, 6.45) is 1.39. The Morgan fingerprint density at radius 3 is 2.82 bits per heavy atom. The molecule has 0 amide bonds. The fourth-order valence-electron chi connectivity index (χ4n) is 1.27. The molecule has 0 N–H and O–H groups in total. The van der Waals surface area contributed by atoms with E-state index >= 15 is 0 Å². The van der Waals surface area contributed by atoms with Gasteiger partial charge in [0.05, 0.1) is 23.8 Å². The summed E-state index contributed by atoms with van der Waals surface area (Å²) in [5.41, 5.74) is -0.0932. The van der Waals surface area contributed by atoms with E-state index in [9.17, 15) is 9.59 Å². The van der Waals surface area contributed by atoms with Crippen molar-refractivity contribution in [1.29, 1.82) is 0 Å². The summed E-state index contributed by atoms with van der Waals surface area (Å²) < 4.78 is 11.1. The first-order valence-electron chi connectivity index (χ1n) is 5.16. The summed E-state index contributed by atoms with van der Waals surface area (Å²) in [7, 11) is 1.53. The molecule has 0 saturated carbocycles. The lowest BCUT2D eigenvalue weighted by Crippen LogP contribution is -2.23. The molecule has 0 atom stereocenters. The second kappa shape index (κ2) is 6.42. The van der Waals surface area contributed by atoms with Crippen LogP contribution in [0.4, 0.5) is 0 Å². The van der Waals surface area contributed by atoms with Crippen molar-refractivity contribution in [3.63, 3.8) is 0 Å². The summed E-state index contributed by atoms with van der Waals surface area (Å²) in [6, 6.07) is 1.20. The highest BCUT2D eigenvalue weighted by Crippen LogP contribution is 2.14. The van der Waals surface area contributed by atoms with Crippen LogP contribution in [-0.2, 0) is 16.0 Å². The maximum absolute atomic E-state index is 11.5. The topological polar surface area (TPSA) is 57.5 Å². The average molecular weight is 260 g/mol. The fraction of sp³-hybridized carbons (Fsp3) is 0.455. The van der Waals surface area contributed by atoms with Crippen LogP contribution in [0.3, 0.4) is 0 Å². The van der Waals surface area contributed by atoms with Crippen LogP contribution in [0.15, 0.2) is 17.1 Å². The molecule has 0 bridgehead atoms. The van der Waals surface area contributed by atoms with Crippen molar-refractivity contribution in [2.45, 2.75) is 13.5 Å². The van der Waals surface area contributed by atoms with Crippen LogP contribution >= 0.6 is 11.6 Å².